The minimum absolute atomic E-state index is 0.0630. The van der Waals surface area contributed by atoms with Crippen LogP contribution in [0.1, 0.15) is 46.5 Å². The van der Waals surface area contributed by atoms with Gasteiger partial charge in [-0.15, -0.1) is 0 Å². The molecule has 0 aromatic rings. The summed E-state index contributed by atoms with van der Waals surface area (Å²) in [5.74, 6) is 0.898. The number of thiol groups is 1. The van der Waals surface area contributed by atoms with Crippen molar-refractivity contribution in [3.05, 3.63) is 0 Å². The van der Waals surface area contributed by atoms with Crippen LogP contribution < -0.4 is 16.0 Å². The smallest absolute Gasteiger partial charge is 0.315 e. The summed E-state index contributed by atoms with van der Waals surface area (Å²) in [6.45, 7) is 7.11. The molecule has 0 aliphatic carbocycles. The van der Waals surface area contributed by atoms with Gasteiger partial charge in [-0.25, -0.2) is 4.79 Å². The molecule has 0 atom stereocenters. The molecule has 0 saturated carbocycles. The predicted octanol–water partition coefficient (Wildman–Crippen LogP) is 1.73. The van der Waals surface area contributed by atoms with E-state index < -0.39 is 5.54 Å². The number of hydrogen-bond donors (Lipinski definition) is 4. The summed E-state index contributed by atoms with van der Waals surface area (Å²) < 4.78 is 0. The van der Waals surface area contributed by atoms with Crippen LogP contribution in [0.5, 0.6) is 0 Å². The fraction of sp³-hybridized carbons (Fsp3) is 0.857. The molecule has 5 nitrogen and oxygen atoms in total. The molecule has 0 aliphatic rings. The normalized spacial score (nSPS) is 11.2. The SMILES string of the molecule is CC(=O)C(C)(C)NC(=O)NCCNCCCCCCS. The van der Waals surface area contributed by atoms with Crippen molar-refractivity contribution < 1.29 is 9.59 Å². The Kier molecular flexibility index (Phi) is 10.6. The standard InChI is InChI=1S/C14H29N3O2S/c1-12(18)14(2,3)17-13(19)16-10-9-15-8-6-4-5-7-11-20/h15,20H,4-11H2,1-3H3,(H2,16,17,19). The van der Waals surface area contributed by atoms with Crippen molar-refractivity contribution in [2.75, 3.05) is 25.4 Å². The molecule has 0 unspecified atom stereocenters. The van der Waals surface area contributed by atoms with Crippen LogP contribution in [0.3, 0.4) is 0 Å². The van der Waals surface area contributed by atoms with E-state index in [2.05, 4.69) is 28.6 Å². The zero-order valence-electron chi connectivity index (χ0n) is 12.9. The van der Waals surface area contributed by atoms with Gasteiger partial charge in [-0.3, -0.25) is 4.79 Å². The fourth-order valence-corrected chi connectivity index (χ4v) is 1.74. The molecule has 0 heterocycles. The number of unbranched alkanes of at least 4 members (excludes halogenated alkanes) is 3. The van der Waals surface area contributed by atoms with Crippen LogP contribution in [0.25, 0.3) is 0 Å². The van der Waals surface area contributed by atoms with Gasteiger partial charge in [-0.2, -0.15) is 12.6 Å². The van der Waals surface area contributed by atoms with E-state index in [1.54, 1.807) is 13.8 Å². The van der Waals surface area contributed by atoms with E-state index in [0.717, 1.165) is 25.3 Å². The zero-order chi connectivity index (χ0) is 15.4. The first kappa shape index (κ1) is 19.2. The number of urea groups is 1. The van der Waals surface area contributed by atoms with E-state index in [0.29, 0.717) is 6.54 Å². The second-order valence-corrected chi connectivity index (χ2v) is 5.90. The van der Waals surface area contributed by atoms with E-state index in [9.17, 15) is 9.59 Å². The molecular weight excluding hydrogens is 274 g/mol. The van der Waals surface area contributed by atoms with Crippen LogP contribution in [0.2, 0.25) is 0 Å². The lowest BCUT2D eigenvalue weighted by Crippen LogP contribution is -2.53. The summed E-state index contributed by atoms with van der Waals surface area (Å²) in [5.41, 5.74) is -0.815. The molecule has 0 aliphatic heterocycles. The highest BCUT2D eigenvalue weighted by atomic mass is 32.1. The van der Waals surface area contributed by atoms with Crippen molar-refractivity contribution in [1.29, 1.82) is 0 Å². The number of carbonyl (C=O) groups is 2. The third kappa shape index (κ3) is 10.1. The summed E-state index contributed by atoms with van der Waals surface area (Å²) >= 11 is 4.17. The number of rotatable bonds is 11. The maximum atomic E-state index is 11.6. The van der Waals surface area contributed by atoms with Gasteiger partial charge in [0.15, 0.2) is 5.78 Å². The molecule has 0 rings (SSSR count). The van der Waals surface area contributed by atoms with Crippen LogP contribution in [0.15, 0.2) is 0 Å². The van der Waals surface area contributed by atoms with E-state index in [1.807, 2.05) is 0 Å². The molecule has 118 valence electrons. The third-order valence-electron chi connectivity index (χ3n) is 3.16. The first-order valence-electron chi connectivity index (χ1n) is 7.29. The van der Waals surface area contributed by atoms with Crippen LogP contribution in [0.4, 0.5) is 4.79 Å². The third-order valence-corrected chi connectivity index (χ3v) is 3.47. The van der Waals surface area contributed by atoms with Gasteiger partial charge >= 0.3 is 6.03 Å². The zero-order valence-corrected chi connectivity index (χ0v) is 13.8. The summed E-state index contributed by atoms with van der Waals surface area (Å²) in [7, 11) is 0. The van der Waals surface area contributed by atoms with Gasteiger partial charge in [0.05, 0.1) is 5.54 Å². The maximum Gasteiger partial charge on any atom is 0.315 e. The van der Waals surface area contributed by atoms with Crippen molar-refractivity contribution in [3.63, 3.8) is 0 Å². The van der Waals surface area contributed by atoms with Crippen molar-refractivity contribution in [2.45, 2.75) is 52.0 Å². The largest absolute Gasteiger partial charge is 0.337 e. The molecule has 2 amide bonds. The van der Waals surface area contributed by atoms with Gasteiger partial charge in [0.2, 0.25) is 0 Å². The highest BCUT2D eigenvalue weighted by Crippen LogP contribution is 2.02. The lowest BCUT2D eigenvalue weighted by atomic mass is 10.0. The average Bonchev–Trinajstić information content (AvgIpc) is 2.36. The number of carbonyl (C=O) groups excluding carboxylic acids is 2. The van der Waals surface area contributed by atoms with Gasteiger partial charge in [-0.1, -0.05) is 12.8 Å². The molecule has 0 radical (unpaired) electrons. The van der Waals surface area contributed by atoms with Gasteiger partial charge in [0.1, 0.15) is 0 Å². The van der Waals surface area contributed by atoms with Gasteiger partial charge in [-0.05, 0) is 45.9 Å². The first-order valence-corrected chi connectivity index (χ1v) is 7.92. The van der Waals surface area contributed by atoms with E-state index in [1.165, 1.54) is 26.2 Å². The fourth-order valence-electron chi connectivity index (χ4n) is 1.52. The second kappa shape index (κ2) is 11.0. The van der Waals surface area contributed by atoms with Crippen LogP contribution >= 0.6 is 12.6 Å². The Bertz CT molecular complexity index is 296. The van der Waals surface area contributed by atoms with Gasteiger partial charge in [0.25, 0.3) is 0 Å². The molecule has 0 aromatic heterocycles. The first-order chi connectivity index (χ1) is 9.40. The Labute approximate surface area is 128 Å². The van der Waals surface area contributed by atoms with E-state index >= 15 is 0 Å². The minimum atomic E-state index is -0.815. The number of hydrogen-bond acceptors (Lipinski definition) is 4. The molecule has 0 bridgehead atoms. The van der Waals surface area contributed by atoms with Crippen LogP contribution in [0, 0.1) is 0 Å². The Balaban J connectivity index is 3.47. The molecule has 3 N–H and O–H groups in total. The van der Waals surface area contributed by atoms with Crippen molar-refractivity contribution in [2.24, 2.45) is 0 Å². The van der Waals surface area contributed by atoms with Gasteiger partial charge < -0.3 is 16.0 Å². The number of amides is 2. The molecule has 20 heavy (non-hydrogen) atoms. The summed E-state index contributed by atoms with van der Waals surface area (Å²) in [6.07, 6.45) is 4.77. The number of Topliss-reactive ketones (excluding diaryl/α,β-unsaturated/α-hetero) is 1. The predicted molar refractivity (Wildman–Crippen MR) is 86.5 cm³/mol. The van der Waals surface area contributed by atoms with E-state index in [-0.39, 0.29) is 11.8 Å². The lowest BCUT2D eigenvalue weighted by Gasteiger charge is -2.23. The number of nitrogens with one attached hydrogen (secondary N) is 3. The maximum absolute atomic E-state index is 11.6. The second-order valence-electron chi connectivity index (χ2n) is 5.45. The Morgan fingerprint density at radius 2 is 1.65 bits per heavy atom. The molecule has 0 saturated heterocycles. The summed E-state index contributed by atoms with van der Waals surface area (Å²) in [4.78, 5) is 22.8. The molecule has 0 spiro atoms. The Morgan fingerprint density at radius 1 is 1.00 bits per heavy atom. The van der Waals surface area contributed by atoms with Crippen molar-refractivity contribution in [1.82, 2.24) is 16.0 Å². The van der Waals surface area contributed by atoms with Gasteiger partial charge in [0, 0.05) is 13.1 Å². The minimum Gasteiger partial charge on any atom is -0.337 e. The summed E-state index contributed by atoms with van der Waals surface area (Å²) in [5, 5.41) is 8.65. The topological polar surface area (TPSA) is 70.2 Å². The quantitative estimate of drug-likeness (QED) is 0.347. The Hall–Kier alpha value is -0.750. The highest BCUT2D eigenvalue weighted by molar-refractivity contribution is 7.80. The van der Waals surface area contributed by atoms with Crippen LogP contribution in [-0.4, -0.2) is 42.7 Å². The lowest BCUT2D eigenvalue weighted by molar-refractivity contribution is -0.121. The van der Waals surface area contributed by atoms with Crippen molar-refractivity contribution in [3.8, 4) is 0 Å². The van der Waals surface area contributed by atoms with E-state index in [4.69, 9.17) is 0 Å². The average molecular weight is 303 g/mol. The van der Waals surface area contributed by atoms with Crippen molar-refractivity contribution >= 4 is 24.4 Å². The number of ketones is 1. The monoisotopic (exact) mass is 303 g/mol. The van der Waals surface area contributed by atoms with Crippen LogP contribution in [-0.2, 0) is 4.79 Å². The Morgan fingerprint density at radius 3 is 2.25 bits per heavy atom. The molecule has 6 heteroatoms. The summed E-state index contributed by atoms with van der Waals surface area (Å²) in [6, 6.07) is -0.305. The molecule has 0 aromatic carbocycles. The molecule has 0 fully saturated rings. The highest BCUT2D eigenvalue weighted by Gasteiger charge is 2.25. The molecular formula is C14H29N3O2S.